The maximum absolute atomic E-state index is 12.6. The molecule has 3 rings (SSSR count). The van der Waals surface area contributed by atoms with Crippen LogP contribution in [-0.2, 0) is 14.2 Å². The largest absolute Gasteiger partial charge is 0.504 e. The van der Waals surface area contributed by atoms with Crippen LogP contribution in [0, 0.1) is 0 Å². The molecular weight excluding hydrogens is 464 g/mol. The summed E-state index contributed by atoms with van der Waals surface area (Å²) in [4.78, 5) is 25.1. The smallest absolute Gasteiger partial charge is 0.338 e. The van der Waals surface area contributed by atoms with E-state index in [1.165, 1.54) is 0 Å². The lowest BCUT2D eigenvalue weighted by Crippen LogP contribution is -2.61. The second-order valence-electron chi connectivity index (χ2n) is 7.20. The SMILES string of the molecule is O=C(O[C@@H]1[C@@H](O)[C@H](O)O[C@H](CO)[C@H]1OC(=O)c1cc(O)c(O)c(O)c1)c1cc(O)c(O)c(O)c1. The van der Waals surface area contributed by atoms with Gasteiger partial charge in [-0.3, -0.25) is 0 Å². The predicted molar refractivity (Wildman–Crippen MR) is 105 cm³/mol. The first-order valence-corrected chi connectivity index (χ1v) is 9.48. The van der Waals surface area contributed by atoms with Gasteiger partial charge in [0.15, 0.2) is 53.0 Å². The molecule has 1 aliphatic heterocycles. The van der Waals surface area contributed by atoms with Gasteiger partial charge in [-0.1, -0.05) is 0 Å². The van der Waals surface area contributed by atoms with Crippen LogP contribution < -0.4 is 0 Å². The van der Waals surface area contributed by atoms with Crippen LogP contribution in [0.5, 0.6) is 34.5 Å². The molecule has 0 saturated carbocycles. The lowest BCUT2D eigenvalue weighted by atomic mass is 9.98. The predicted octanol–water partition coefficient (Wildman–Crippen LogP) is -1.26. The van der Waals surface area contributed by atoms with Crippen molar-refractivity contribution in [2.24, 2.45) is 0 Å². The third-order valence-electron chi connectivity index (χ3n) is 4.91. The first-order chi connectivity index (χ1) is 15.9. The lowest BCUT2D eigenvalue weighted by Gasteiger charge is -2.41. The van der Waals surface area contributed by atoms with Gasteiger partial charge in [0.05, 0.1) is 17.7 Å². The standard InChI is InChI=1S/C20H20O14/c21-5-12-16(33-18(29)6-1-8(22)13(26)9(23)2-6)17(15(28)20(31)32-12)34-19(30)7-3-10(24)14(27)11(25)4-7/h1-4,12,15-17,20-28,31H,5H2/t12-,15-,16-,17-,20-/m1/s1. The maximum atomic E-state index is 12.6. The monoisotopic (exact) mass is 484 g/mol. The normalized spacial score (nSPS) is 24.4. The molecule has 1 heterocycles. The van der Waals surface area contributed by atoms with E-state index < -0.39 is 94.9 Å². The Balaban J connectivity index is 1.91. The number of carbonyl (C=O) groups excluding carboxylic acids is 2. The van der Waals surface area contributed by atoms with Crippen LogP contribution in [0.2, 0.25) is 0 Å². The molecule has 0 unspecified atom stereocenters. The Morgan fingerprint density at radius 1 is 0.735 bits per heavy atom. The van der Waals surface area contributed by atoms with Crippen molar-refractivity contribution < 1.29 is 69.8 Å². The summed E-state index contributed by atoms with van der Waals surface area (Å²) in [6, 6.07) is 2.94. The van der Waals surface area contributed by atoms with Crippen molar-refractivity contribution in [3.63, 3.8) is 0 Å². The quantitative estimate of drug-likeness (QED) is 0.178. The van der Waals surface area contributed by atoms with E-state index in [9.17, 15) is 55.5 Å². The molecule has 34 heavy (non-hydrogen) atoms. The van der Waals surface area contributed by atoms with E-state index in [1.807, 2.05) is 0 Å². The number of rotatable bonds is 5. The second kappa shape index (κ2) is 9.48. The molecule has 2 aromatic rings. The number of hydrogen-bond donors (Lipinski definition) is 9. The Morgan fingerprint density at radius 3 is 1.50 bits per heavy atom. The molecule has 0 spiro atoms. The number of ether oxygens (including phenoxy) is 3. The fraction of sp³-hybridized carbons (Fsp3) is 0.300. The van der Waals surface area contributed by atoms with E-state index in [0.29, 0.717) is 0 Å². The highest BCUT2D eigenvalue weighted by atomic mass is 16.7. The molecule has 9 N–H and O–H groups in total. The fourth-order valence-corrected chi connectivity index (χ4v) is 3.16. The van der Waals surface area contributed by atoms with Crippen LogP contribution in [0.4, 0.5) is 0 Å². The highest BCUT2D eigenvalue weighted by Crippen LogP contribution is 2.37. The van der Waals surface area contributed by atoms with Gasteiger partial charge in [-0.2, -0.15) is 0 Å². The average molecular weight is 484 g/mol. The molecule has 0 aliphatic carbocycles. The van der Waals surface area contributed by atoms with Crippen molar-refractivity contribution in [2.75, 3.05) is 6.61 Å². The zero-order chi connectivity index (χ0) is 25.3. The van der Waals surface area contributed by atoms with Gasteiger partial charge >= 0.3 is 11.9 Å². The number of aliphatic hydroxyl groups excluding tert-OH is 3. The van der Waals surface area contributed by atoms with Crippen molar-refractivity contribution in [2.45, 2.75) is 30.7 Å². The molecule has 14 heteroatoms. The first-order valence-electron chi connectivity index (χ1n) is 9.48. The number of phenols is 6. The van der Waals surface area contributed by atoms with Crippen molar-refractivity contribution in [3.8, 4) is 34.5 Å². The van der Waals surface area contributed by atoms with Crippen molar-refractivity contribution in [1.82, 2.24) is 0 Å². The summed E-state index contributed by atoms with van der Waals surface area (Å²) in [5.41, 5.74) is -0.983. The van der Waals surface area contributed by atoms with Gasteiger partial charge in [-0.05, 0) is 24.3 Å². The van der Waals surface area contributed by atoms with E-state index in [-0.39, 0.29) is 0 Å². The number of aromatic hydroxyl groups is 6. The summed E-state index contributed by atoms with van der Waals surface area (Å²) in [5.74, 6) is -7.87. The molecule has 2 aromatic carbocycles. The van der Waals surface area contributed by atoms with Crippen LogP contribution in [0.3, 0.4) is 0 Å². The van der Waals surface area contributed by atoms with E-state index >= 15 is 0 Å². The lowest BCUT2D eigenvalue weighted by molar-refractivity contribution is -0.285. The van der Waals surface area contributed by atoms with Gasteiger partial charge in [0.25, 0.3) is 0 Å². The average Bonchev–Trinajstić information content (AvgIpc) is 2.79. The molecule has 0 radical (unpaired) electrons. The molecule has 0 bridgehead atoms. The number of aliphatic hydroxyl groups is 3. The Bertz CT molecular complexity index is 981. The van der Waals surface area contributed by atoms with Gasteiger partial charge in [0.1, 0.15) is 12.2 Å². The van der Waals surface area contributed by atoms with E-state index in [4.69, 9.17) is 14.2 Å². The summed E-state index contributed by atoms with van der Waals surface area (Å²) in [7, 11) is 0. The topological polar surface area (TPSA) is 244 Å². The molecule has 1 saturated heterocycles. The summed E-state index contributed by atoms with van der Waals surface area (Å²) in [6.07, 6.45) is -9.15. The number of hydrogen-bond acceptors (Lipinski definition) is 14. The van der Waals surface area contributed by atoms with E-state index in [2.05, 4.69) is 0 Å². The molecule has 1 aliphatic rings. The highest BCUT2D eigenvalue weighted by molar-refractivity contribution is 5.92. The number of benzene rings is 2. The van der Waals surface area contributed by atoms with Gasteiger partial charge < -0.3 is 60.2 Å². The van der Waals surface area contributed by atoms with Crippen LogP contribution in [0.1, 0.15) is 20.7 Å². The second-order valence-corrected chi connectivity index (χ2v) is 7.20. The van der Waals surface area contributed by atoms with Crippen LogP contribution in [0.15, 0.2) is 24.3 Å². The van der Waals surface area contributed by atoms with Crippen molar-refractivity contribution in [1.29, 1.82) is 0 Å². The Labute approximate surface area is 189 Å². The van der Waals surface area contributed by atoms with Crippen LogP contribution in [-0.4, -0.2) is 95.2 Å². The minimum atomic E-state index is -2.01. The highest BCUT2D eigenvalue weighted by Gasteiger charge is 2.49. The van der Waals surface area contributed by atoms with Crippen LogP contribution >= 0.6 is 0 Å². The molecule has 14 nitrogen and oxygen atoms in total. The van der Waals surface area contributed by atoms with Gasteiger partial charge in [0, 0.05) is 0 Å². The zero-order valence-corrected chi connectivity index (χ0v) is 17.0. The van der Waals surface area contributed by atoms with Gasteiger partial charge in [-0.25, -0.2) is 9.59 Å². The number of phenolic OH excluding ortho intramolecular Hbond substituents is 6. The van der Waals surface area contributed by atoms with E-state index in [0.717, 1.165) is 24.3 Å². The minimum absolute atomic E-state index is 0.483. The molecule has 5 atom stereocenters. The molecule has 0 aromatic heterocycles. The minimum Gasteiger partial charge on any atom is -0.504 e. The van der Waals surface area contributed by atoms with Gasteiger partial charge in [0.2, 0.25) is 0 Å². The van der Waals surface area contributed by atoms with Gasteiger partial charge in [-0.15, -0.1) is 0 Å². The summed E-state index contributed by atoms with van der Waals surface area (Å²) in [5, 5.41) is 87.0. The summed E-state index contributed by atoms with van der Waals surface area (Å²) < 4.78 is 15.2. The summed E-state index contributed by atoms with van der Waals surface area (Å²) >= 11 is 0. The first kappa shape index (κ1) is 24.7. The Kier molecular flexibility index (Phi) is 6.88. The Morgan fingerprint density at radius 2 is 1.12 bits per heavy atom. The van der Waals surface area contributed by atoms with Crippen molar-refractivity contribution in [3.05, 3.63) is 35.4 Å². The zero-order valence-electron chi connectivity index (χ0n) is 17.0. The fourth-order valence-electron chi connectivity index (χ4n) is 3.16. The third kappa shape index (κ3) is 4.69. The molecular formula is C20H20O14. The van der Waals surface area contributed by atoms with E-state index in [1.54, 1.807) is 0 Å². The van der Waals surface area contributed by atoms with Crippen molar-refractivity contribution >= 4 is 11.9 Å². The molecule has 0 amide bonds. The third-order valence-corrected chi connectivity index (χ3v) is 4.91. The number of carbonyl (C=O) groups is 2. The molecule has 184 valence electrons. The molecule has 1 fully saturated rings. The number of esters is 2. The summed E-state index contributed by atoms with van der Waals surface area (Å²) in [6.45, 7) is -0.886. The maximum Gasteiger partial charge on any atom is 0.338 e. The Hall–Kier alpha value is -3.98. The van der Waals surface area contributed by atoms with Crippen LogP contribution in [0.25, 0.3) is 0 Å².